The first-order valence-electron chi connectivity index (χ1n) is 3.77. The highest BCUT2D eigenvalue weighted by molar-refractivity contribution is 14.1. The summed E-state index contributed by atoms with van der Waals surface area (Å²) in [6, 6.07) is 0. The van der Waals surface area contributed by atoms with E-state index in [2.05, 4.69) is 27.9 Å². The molecule has 0 saturated carbocycles. The summed E-state index contributed by atoms with van der Waals surface area (Å²) in [5, 5.41) is 2.75. The number of allylic oxidation sites excluding steroid dienone is 1. The lowest BCUT2D eigenvalue weighted by Gasteiger charge is -2.00. The number of ether oxygens (including phenoxy) is 1. The molecule has 3 nitrogen and oxygen atoms in total. The lowest BCUT2D eigenvalue weighted by Crippen LogP contribution is -2.23. The van der Waals surface area contributed by atoms with Crippen molar-refractivity contribution in [3.8, 4) is 0 Å². The molecule has 0 aliphatic heterocycles. The minimum Gasteiger partial charge on any atom is -0.385 e. The van der Waals surface area contributed by atoms with Gasteiger partial charge in [-0.2, -0.15) is 0 Å². The highest BCUT2D eigenvalue weighted by Gasteiger charge is 1.94. The predicted octanol–water partition coefficient (Wildman–Crippen LogP) is 1.48. The van der Waals surface area contributed by atoms with Crippen LogP contribution in [0.2, 0.25) is 0 Å². The van der Waals surface area contributed by atoms with Crippen LogP contribution in [0.3, 0.4) is 0 Å². The van der Waals surface area contributed by atoms with Crippen molar-refractivity contribution in [2.24, 2.45) is 0 Å². The number of rotatable bonds is 5. The summed E-state index contributed by atoms with van der Waals surface area (Å²) in [6.07, 6.45) is 2.43. The van der Waals surface area contributed by atoms with Gasteiger partial charge in [-0.1, -0.05) is 0 Å². The Hall–Kier alpha value is -0.100. The minimum absolute atomic E-state index is 0.0296. The third-order valence-corrected chi connectivity index (χ3v) is 1.47. The zero-order valence-corrected chi connectivity index (χ0v) is 9.55. The van der Waals surface area contributed by atoms with Gasteiger partial charge in [-0.05, 0) is 39.5 Å². The smallest absolute Gasteiger partial charge is 0.244 e. The standard InChI is InChI=1S/C8H14INO2/c1-7(9)6-8(11)10-4-3-5-12-2/h6H,3-5H2,1-2H3,(H,10,11). The summed E-state index contributed by atoms with van der Waals surface area (Å²) >= 11 is 2.10. The lowest BCUT2D eigenvalue weighted by atomic mass is 10.4. The molecule has 0 unspecified atom stereocenters. The highest BCUT2D eigenvalue weighted by atomic mass is 127. The molecule has 4 heteroatoms. The van der Waals surface area contributed by atoms with Crippen LogP contribution in [0.4, 0.5) is 0 Å². The van der Waals surface area contributed by atoms with Gasteiger partial charge in [0, 0.05) is 26.3 Å². The molecule has 0 fully saturated rings. The summed E-state index contributed by atoms with van der Waals surface area (Å²) in [5.41, 5.74) is 0. The summed E-state index contributed by atoms with van der Waals surface area (Å²) in [6.45, 7) is 3.25. The number of hydrogen-bond donors (Lipinski definition) is 1. The SMILES string of the molecule is COCCCNC(=O)C=C(C)I. The van der Waals surface area contributed by atoms with E-state index in [0.717, 1.165) is 10.0 Å². The van der Waals surface area contributed by atoms with Crippen LogP contribution in [-0.2, 0) is 9.53 Å². The second-order valence-electron chi connectivity index (χ2n) is 2.37. The van der Waals surface area contributed by atoms with Crippen molar-refractivity contribution in [1.82, 2.24) is 5.32 Å². The van der Waals surface area contributed by atoms with E-state index in [1.165, 1.54) is 0 Å². The monoisotopic (exact) mass is 283 g/mol. The topological polar surface area (TPSA) is 38.3 Å². The summed E-state index contributed by atoms with van der Waals surface area (Å²) in [5.74, 6) is -0.0296. The van der Waals surface area contributed by atoms with E-state index in [1.54, 1.807) is 13.2 Å². The van der Waals surface area contributed by atoms with Crippen LogP contribution in [0, 0.1) is 0 Å². The van der Waals surface area contributed by atoms with Crippen LogP contribution in [0.5, 0.6) is 0 Å². The van der Waals surface area contributed by atoms with Crippen LogP contribution in [0.25, 0.3) is 0 Å². The van der Waals surface area contributed by atoms with Gasteiger partial charge in [-0.25, -0.2) is 0 Å². The van der Waals surface area contributed by atoms with E-state index in [1.807, 2.05) is 6.92 Å². The minimum atomic E-state index is -0.0296. The number of carbonyl (C=O) groups excluding carboxylic acids is 1. The van der Waals surface area contributed by atoms with Crippen LogP contribution in [0.1, 0.15) is 13.3 Å². The van der Waals surface area contributed by atoms with Crippen molar-refractivity contribution < 1.29 is 9.53 Å². The summed E-state index contributed by atoms with van der Waals surface area (Å²) in [4.78, 5) is 11.0. The molecule has 0 aromatic carbocycles. The third kappa shape index (κ3) is 8.00. The Morgan fingerprint density at radius 2 is 2.33 bits per heavy atom. The Morgan fingerprint density at radius 1 is 1.67 bits per heavy atom. The molecule has 0 bridgehead atoms. The Kier molecular flexibility index (Phi) is 7.48. The molecule has 0 rings (SSSR count). The number of carbonyl (C=O) groups is 1. The van der Waals surface area contributed by atoms with E-state index in [-0.39, 0.29) is 5.91 Å². The zero-order chi connectivity index (χ0) is 9.40. The van der Waals surface area contributed by atoms with E-state index in [4.69, 9.17) is 4.74 Å². The molecule has 1 N–H and O–H groups in total. The van der Waals surface area contributed by atoms with E-state index < -0.39 is 0 Å². The Labute approximate surface area is 86.7 Å². The number of nitrogens with one attached hydrogen (secondary N) is 1. The lowest BCUT2D eigenvalue weighted by molar-refractivity contribution is -0.116. The molecule has 0 aliphatic rings. The average molecular weight is 283 g/mol. The van der Waals surface area contributed by atoms with Gasteiger partial charge in [-0.15, -0.1) is 0 Å². The fraction of sp³-hybridized carbons (Fsp3) is 0.625. The molecule has 0 heterocycles. The Morgan fingerprint density at radius 3 is 2.83 bits per heavy atom. The van der Waals surface area contributed by atoms with Gasteiger partial charge in [0.25, 0.3) is 0 Å². The number of amides is 1. The first kappa shape index (κ1) is 11.9. The molecular formula is C8H14INO2. The van der Waals surface area contributed by atoms with Gasteiger partial charge in [-0.3, -0.25) is 4.79 Å². The quantitative estimate of drug-likeness (QED) is 0.471. The molecule has 1 amide bonds. The van der Waals surface area contributed by atoms with Gasteiger partial charge in [0.1, 0.15) is 0 Å². The van der Waals surface area contributed by atoms with Gasteiger partial charge in [0.05, 0.1) is 0 Å². The Balaban J connectivity index is 3.39. The normalized spacial score (nSPS) is 11.4. The van der Waals surface area contributed by atoms with Crippen molar-refractivity contribution >= 4 is 28.5 Å². The molecule has 0 aromatic rings. The van der Waals surface area contributed by atoms with E-state index in [0.29, 0.717) is 13.2 Å². The predicted molar refractivity (Wildman–Crippen MR) is 57.3 cm³/mol. The fourth-order valence-corrected chi connectivity index (χ4v) is 0.943. The number of methoxy groups -OCH3 is 1. The van der Waals surface area contributed by atoms with Gasteiger partial charge in [0.2, 0.25) is 5.91 Å². The van der Waals surface area contributed by atoms with Crippen molar-refractivity contribution in [2.45, 2.75) is 13.3 Å². The second kappa shape index (κ2) is 7.54. The van der Waals surface area contributed by atoms with Gasteiger partial charge >= 0.3 is 0 Å². The van der Waals surface area contributed by atoms with Crippen LogP contribution in [0.15, 0.2) is 9.66 Å². The largest absolute Gasteiger partial charge is 0.385 e. The van der Waals surface area contributed by atoms with E-state index in [9.17, 15) is 4.79 Å². The maximum absolute atomic E-state index is 11.0. The molecule has 0 atom stereocenters. The van der Waals surface area contributed by atoms with Crippen LogP contribution >= 0.6 is 22.6 Å². The first-order chi connectivity index (χ1) is 5.66. The summed E-state index contributed by atoms with van der Waals surface area (Å²) in [7, 11) is 1.65. The van der Waals surface area contributed by atoms with Gasteiger partial charge in [0.15, 0.2) is 0 Å². The second-order valence-corrected chi connectivity index (χ2v) is 4.07. The van der Waals surface area contributed by atoms with Gasteiger partial charge < -0.3 is 10.1 Å². The molecule has 0 saturated heterocycles. The maximum atomic E-state index is 11.0. The fourth-order valence-electron chi connectivity index (χ4n) is 0.660. The Bertz CT molecular complexity index is 164. The molecule has 0 spiro atoms. The van der Waals surface area contributed by atoms with Crippen molar-refractivity contribution in [2.75, 3.05) is 20.3 Å². The average Bonchev–Trinajstić information content (AvgIpc) is 1.97. The van der Waals surface area contributed by atoms with Crippen molar-refractivity contribution in [1.29, 1.82) is 0 Å². The highest BCUT2D eigenvalue weighted by Crippen LogP contribution is 2.01. The molecule has 0 aliphatic carbocycles. The molecule has 70 valence electrons. The van der Waals surface area contributed by atoms with E-state index >= 15 is 0 Å². The zero-order valence-electron chi connectivity index (χ0n) is 7.39. The maximum Gasteiger partial charge on any atom is 0.244 e. The third-order valence-electron chi connectivity index (χ3n) is 1.15. The molecule has 0 radical (unpaired) electrons. The molecular weight excluding hydrogens is 269 g/mol. The summed E-state index contributed by atoms with van der Waals surface area (Å²) < 4.78 is 5.82. The first-order valence-corrected chi connectivity index (χ1v) is 4.85. The molecule has 0 aromatic heterocycles. The number of hydrogen-bond acceptors (Lipinski definition) is 2. The van der Waals surface area contributed by atoms with Crippen molar-refractivity contribution in [3.05, 3.63) is 9.66 Å². The van der Waals surface area contributed by atoms with Crippen LogP contribution in [-0.4, -0.2) is 26.2 Å². The molecule has 12 heavy (non-hydrogen) atoms. The number of halogens is 1. The van der Waals surface area contributed by atoms with Crippen LogP contribution < -0.4 is 5.32 Å². The van der Waals surface area contributed by atoms with Crippen molar-refractivity contribution in [3.63, 3.8) is 0 Å².